The summed E-state index contributed by atoms with van der Waals surface area (Å²) in [6, 6.07) is 4.74. The van der Waals surface area contributed by atoms with E-state index in [0.717, 1.165) is 6.08 Å². The summed E-state index contributed by atoms with van der Waals surface area (Å²) in [7, 11) is 0. The number of aliphatic carboxylic acids is 1. The second-order valence-corrected chi connectivity index (χ2v) is 5.34. The molecule has 0 aromatic heterocycles. The van der Waals surface area contributed by atoms with Crippen LogP contribution >= 0.6 is 11.6 Å². The number of nitrogens with one attached hydrogen (secondary N) is 1. The highest BCUT2D eigenvalue weighted by atomic mass is 35.5. The van der Waals surface area contributed by atoms with Crippen molar-refractivity contribution in [2.75, 3.05) is 0 Å². The van der Waals surface area contributed by atoms with E-state index in [9.17, 15) is 14.7 Å². The quantitative estimate of drug-likeness (QED) is 0.568. The van der Waals surface area contributed by atoms with Crippen LogP contribution in [0.4, 0.5) is 0 Å². The van der Waals surface area contributed by atoms with Gasteiger partial charge in [-0.2, -0.15) is 5.26 Å². The van der Waals surface area contributed by atoms with E-state index in [1.54, 1.807) is 19.9 Å². The van der Waals surface area contributed by atoms with E-state index in [2.05, 4.69) is 5.32 Å². The molecule has 1 amide bonds. The standard InChI is InChI=1S/C15H15ClN2O4/c1-8(2)13(15(21)22)18-14(20)10(7-17)5-9-6-11(16)3-4-12(9)19/h3-6,8,13,19H,1-2H3,(H,18,20)(H,21,22)/b10-5+. The van der Waals surface area contributed by atoms with E-state index >= 15 is 0 Å². The first kappa shape index (κ1) is 17.5. The van der Waals surface area contributed by atoms with E-state index < -0.39 is 17.9 Å². The number of carboxylic acid groups (broad SMARTS) is 1. The predicted octanol–water partition coefficient (Wildman–Crippen LogP) is 2.18. The summed E-state index contributed by atoms with van der Waals surface area (Å²) in [6.45, 7) is 3.27. The Labute approximate surface area is 132 Å². The van der Waals surface area contributed by atoms with Crippen LogP contribution in [0.3, 0.4) is 0 Å². The van der Waals surface area contributed by atoms with E-state index in [-0.39, 0.29) is 22.8 Å². The van der Waals surface area contributed by atoms with Gasteiger partial charge in [-0.05, 0) is 30.2 Å². The number of phenols is 1. The average Bonchev–Trinajstić information content (AvgIpc) is 2.44. The maximum Gasteiger partial charge on any atom is 0.326 e. The lowest BCUT2D eigenvalue weighted by Crippen LogP contribution is -2.44. The Balaban J connectivity index is 3.08. The second-order valence-electron chi connectivity index (χ2n) is 4.91. The van der Waals surface area contributed by atoms with Crippen LogP contribution in [-0.4, -0.2) is 28.1 Å². The number of carbonyl (C=O) groups excluding carboxylic acids is 1. The first-order valence-corrected chi connectivity index (χ1v) is 6.78. The third-order valence-electron chi connectivity index (χ3n) is 2.87. The van der Waals surface area contributed by atoms with Crippen molar-refractivity contribution in [3.8, 4) is 11.8 Å². The van der Waals surface area contributed by atoms with Crippen LogP contribution < -0.4 is 5.32 Å². The minimum atomic E-state index is -1.19. The molecule has 0 radical (unpaired) electrons. The summed E-state index contributed by atoms with van der Waals surface area (Å²) in [6.07, 6.45) is 1.15. The molecule has 6 nitrogen and oxygen atoms in total. The molecule has 1 atom stereocenters. The van der Waals surface area contributed by atoms with Crippen LogP contribution in [0, 0.1) is 17.2 Å². The molecule has 1 rings (SSSR count). The highest BCUT2D eigenvalue weighted by Gasteiger charge is 2.25. The number of amides is 1. The topological polar surface area (TPSA) is 110 Å². The molecule has 0 aliphatic carbocycles. The number of halogens is 1. The number of phenolic OH excluding ortho intramolecular Hbond substituents is 1. The van der Waals surface area contributed by atoms with Crippen LogP contribution in [0.15, 0.2) is 23.8 Å². The second kappa shape index (κ2) is 7.48. The SMILES string of the molecule is CC(C)C(NC(=O)/C(C#N)=C/c1cc(Cl)ccc1O)C(=O)O. The van der Waals surface area contributed by atoms with Crippen LogP contribution in [0.1, 0.15) is 19.4 Å². The van der Waals surface area contributed by atoms with Gasteiger partial charge in [0.05, 0.1) is 0 Å². The Bertz CT molecular complexity index is 662. The van der Waals surface area contributed by atoms with Gasteiger partial charge in [-0.25, -0.2) is 4.79 Å². The molecule has 1 aromatic rings. The molecule has 0 heterocycles. The van der Waals surface area contributed by atoms with Crippen molar-refractivity contribution in [3.05, 3.63) is 34.4 Å². The number of hydrogen-bond donors (Lipinski definition) is 3. The number of aromatic hydroxyl groups is 1. The van der Waals surface area contributed by atoms with Crippen LogP contribution in [0.25, 0.3) is 6.08 Å². The number of nitrogens with zero attached hydrogens (tertiary/aromatic N) is 1. The summed E-state index contributed by atoms with van der Waals surface area (Å²) in [5, 5.41) is 30.4. The van der Waals surface area contributed by atoms with E-state index in [4.69, 9.17) is 22.0 Å². The van der Waals surface area contributed by atoms with E-state index in [1.165, 1.54) is 18.2 Å². The maximum absolute atomic E-state index is 12.0. The highest BCUT2D eigenvalue weighted by molar-refractivity contribution is 6.30. The zero-order valence-electron chi connectivity index (χ0n) is 12.0. The van der Waals surface area contributed by atoms with Gasteiger partial charge in [0, 0.05) is 10.6 Å². The molecule has 1 unspecified atom stereocenters. The van der Waals surface area contributed by atoms with Crippen molar-refractivity contribution in [2.45, 2.75) is 19.9 Å². The van der Waals surface area contributed by atoms with Crippen molar-refractivity contribution in [3.63, 3.8) is 0 Å². The Morgan fingerprint density at radius 3 is 2.55 bits per heavy atom. The zero-order chi connectivity index (χ0) is 16.9. The maximum atomic E-state index is 12.0. The van der Waals surface area contributed by atoms with Crippen molar-refractivity contribution in [1.82, 2.24) is 5.32 Å². The number of rotatable bonds is 5. The molecule has 22 heavy (non-hydrogen) atoms. The van der Waals surface area contributed by atoms with Crippen molar-refractivity contribution >= 4 is 29.6 Å². The predicted molar refractivity (Wildman–Crippen MR) is 81.1 cm³/mol. The molecule has 0 aliphatic rings. The number of carbonyl (C=O) groups is 2. The van der Waals surface area contributed by atoms with Crippen LogP contribution in [0.5, 0.6) is 5.75 Å². The van der Waals surface area contributed by atoms with Gasteiger partial charge in [-0.1, -0.05) is 25.4 Å². The molecule has 0 saturated heterocycles. The summed E-state index contributed by atoms with van der Waals surface area (Å²) < 4.78 is 0. The van der Waals surface area contributed by atoms with Gasteiger partial charge >= 0.3 is 5.97 Å². The lowest BCUT2D eigenvalue weighted by Gasteiger charge is -2.17. The van der Waals surface area contributed by atoms with Crippen molar-refractivity contribution in [2.24, 2.45) is 5.92 Å². The summed E-state index contributed by atoms with van der Waals surface area (Å²) in [4.78, 5) is 23.1. The molecule has 7 heteroatoms. The Morgan fingerprint density at radius 2 is 2.05 bits per heavy atom. The third kappa shape index (κ3) is 4.50. The van der Waals surface area contributed by atoms with Crippen LogP contribution in [-0.2, 0) is 9.59 Å². The molecule has 1 aromatic carbocycles. The smallest absolute Gasteiger partial charge is 0.326 e. The fraction of sp³-hybridized carbons (Fsp3) is 0.267. The van der Waals surface area contributed by atoms with Crippen molar-refractivity contribution in [1.29, 1.82) is 5.26 Å². The Kier molecular flexibility index (Phi) is 5.96. The molecule has 0 saturated carbocycles. The third-order valence-corrected chi connectivity index (χ3v) is 3.11. The summed E-state index contributed by atoms with van der Waals surface area (Å²) in [5.74, 6) is -2.52. The fourth-order valence-electron chi connectivity index (χ4n) is 1.68. The van der Waals surface area contributed by atoms with Gasteiger partial charge in [-0.15, -0.1) is 0 Å². The van der Waals surface area contributed by atoms with Crippen molar-refractivity contribution < 1.29 is 19.8 Å². The van der Waals surface area contributed by atoms with Gasteiger partial charge < -0.3 is 15.5 Å². The molecule has 0 spiro atoms. The van der Waals surface area contributed by atoms with Crippen LogP contribution in [0.2, 0.25) is 5.02 Å². The summed E-state index contributed by atoms with van der Waals surface area (Å²) >= 11 is 5.79. The highest BCUT2D eigenvalue weighted by Crippen LogP contribution is 2.23. The minimum Gasteiger partial charge on any atom is -0.507 e. The zero-order valence-corrected chi connectivity index (χ0v) is 12.8. The lowest BCUT2D eigenvalue weighted by atomic mass is 10.0. The van der Waals surface area contributed by atoms with Gasteiger partial charge in [-0.3, -0.25) is 4.79 Å². The first-order chi connectivity index (χ1) is 10.3. The average molecular weight is 323 g/mol. The van der Waals surface area contributed by atoms with E-state index in [0.29, 0.717) is 5.02 Å². The molecule has 3 N–H and O–H groups in total. The molecular formula is C15H15ClN2O4. The lowest BCUT2D eigenvalue weighted by molar-refractivity contribution is -0.142. The number of benzene rings is 1. The number of carboxylic acids is 1. The Hall–Kier alpha value is -2.52. The van der Waals surface area contributed by atoms with Gasteiger partial charge in [0.1, 0.15) is 23.4 Å². The van der Waals surface area contributed by atoms with E-state index in [1.807, 2.05) is 0 Å². The molecule has 0 aliphatic heterocycles. The largest absolute Gasteiger partial charge is 0.507 e. The number of hydrogen-bond acceptors (Lipinski definition) is 4. The Morgan fingerprint density at radius 1 is 1.41 bits per heavy atom. The molecule has 0 bridgehead atoms. The molecule has 0 fully saturated rings. The normalized spacial score (nSPS) is 12.6. The first-order valence-electron chi connectivity index (χ1n) is 6.40. The van der Waals surface area contributed by atoms with Gasteiger partial charge in [0.25, 0.3) is 5.91 Å². The van der Waals surface area contributed by atoms with Gasteiger partial charge in [0.15, 0.2) is 0 Å². The van der Waals surface area contributed by atoms with Gasteiger partial charge in [0.2, 0.25) is 0 Å². The fourth-order valence-corrected chi connectivity index (χ4v) is 1.86. The monoisotopic (exact) mass is 322 g/mol. The number of nitriles is 1. The summed E-state index contributed by atoms with van der Waals surface area (Å²) in [5.41, 5.74) is -0.139. The molecule has 116 valence electrons. The molecular weight excluding hydrogens is 308 g/mol. The minimum absolute atomic E-state index is 0.149.